The lowest BCUT2D eigenvalue weighted by atomic mass is 9.79. The van der Waals surface area contributed by atoms with Gasteiger partial charge in [0, 0.05) is 12.1 Å². The minimum absolute atomic E-state index is 0.0106. The van der Waals surface area contributed by atoms with Crippen molar-refractivity contribution >= 4 is 12.6 Å². The van der Waals surface area contributed by atoms with Crippen LogP contribution in [-0.2, 0) is 4.74 Å². The topological polar surface area (TPSA) is 58.9 Å². The Balaban J connectivity index is 2.64. The summed E-state index contributed by atoms with van der Waals surface area (Å²) in [6.07, 6.45) is 0. The fourth-order valence-electron chi connectivity index (χ4n) is 1.21. The van der Waals surface area contributed by atoms with Crippen molar-refractivity contribution in [1.82, 2.24) is 0 Å². The molecule has 0 radical (unpaired) electrons. The van der Waals surface area contributed by atoms with Crippen LogP contribution in [0.5, 0.6) is 5.75 Å². The highest BCUT2D eigenvalue weighted by atomic mass is 19.1. The van der Waals surface area contributed by atoms with E-state index < -0.39 is 12.9 Å². The van der Waals surface area contributed by atoms with E-state index in [0.717, 1.165) is 6.07 Å². The van der Waals surface area contributed by atoms with Gasteiger partial charge in [-0.05, 0) is 25.1 Å². The zero-order valence-corrected chi connectivity index (χ0v) is 9.02. The molecule has 1 aromatic rings. The van der Waals surface area contributed by atoms with Crippen LogP contribution in [0.3, 0.4) is 0 Å². The molecule has 0 spiro atoms. The molecule has 0 saturated heterocycles. The number of ether oxygens (including phenoxy) is 2. The standard InChI is InChI=1S/C10H14BFO4/c1-2-15-5-6-16-10-4-3-8(12)7-9(10)11(13)14/h3-4,7,13-14H,2,5-6H2,1H3. The highest BCUT2D eigenvalue weighted by molar-refractivity contribution is 6.59. The van der Waals surface area contributed by atoms with Gasteiger partial charge in [-0.1, -0.05) is 0 Å². The molecule has 0 aromatic heterocycles. The molecule has 0 saturated carbocycles. The van der Waals surface area contributed by atoms with Crippen LogP contribution >= 0.6 is 0 Å². The molecule has 0 fully saturated rings. The SMILES string of the molecule is CCOCCOc1ccc(F)cc1B(O)O. The van der Waals surface area contributed by atoms with E-state index in [1.807, 2.05) is 6.92 Å². The molecule has 1 aromatic carbocycles. The molecule has 0 heterocycles. The lowest BCUT2D eigenvalue weighted by molar-refractivity contribution is 0.110. The second-order valence-corrected chi connectivity index (χ2v) is 3.10. The maximum Gasteiger partial charge on any atom is 0.492 e. The summed E-state index contributed by atoms with van der Waals surface area (Å²) < 4.78 is 23.1. The maximum atomic E-state index is 12.8. The lowest BCUT2D eigenvalue weighted by Crippen LogP contribution is -2.32. The van der Waals surface area contributed by atoms with Crippen molar-refractivity contribution in [3.05, 3.63) is 24.0 Å². The van der Waals surface area contributed by atoms with Gasteiger partial charge in [0.15, 0.2) is 0 Å². The third-order valence-corrected chi connectivity index (χ3v) is 1.94. The zero-order valence-electron chi connectivity index (χ0n) is 9.02. The quantitative estimate of drug-likeness (QED) is 0.528. The number of benzene rings is 1. The van der Waals surface area contributed by atoms with E-state index in [0.29, 0.717) is 13.2 Å². The van der Waals surface area contributed by atoms with Crippen LogP contribution < -0.4 is 10.2 Å². The smallest absolute Gasteiger partial charge is 0.492 e. The molecular formula is C10H14BFO4. The van der Waals surface area contributed by atoms with Gasteiger partial charge in [-0.2, -0.15) is 0 Å². The van der Waals surface area contributed by atoms with Crippen molar-refractivity contribution < 1.29 is 23.9 Å². The van der Waals surface area contributed by atoms with E-state index in [-0.39, 0.29) is 17.8 Å². The fraction of sp³-hybridized carbons (Fsp3) is 0.400. The summed E-state index contributed by atoms with van der Waals surface area (Å²) in [5, 5.41) is 18.0. The van der Waals surface area contributed by atoms with Crippen molar-refractivity contribution in [2.24, 2.45) is 0 Å². The lowest BCUT2D eigenvalue weighted by Gasteiger charge is -2.10. The summed E-state index contributed by atoms with van der Waals surface area (Å²) in [4.78, 5) is 0. The number of hydrogen-bond donors (Lipinski definition) is 2. The Kier molecular flexibility index (Phi) is 5.24. The van der Waals surface area contributed by atoms with Crippen LogP contribution in [0.15, 0.2) is 18.2 Å². The van der Waals surface area contributed by atoms with Crippen LogP contribution in [0.2, 0.25) is 0 Å². The van der Waals surface area contributed by atoms with E-state index in [1.54, 1.807) is 0 Å². The van der Waals surface area contributed by atoms with Crippen LogP contribution in [0.25, 0.3) is 0 Å². The molecule has 6 heteroatoms. The van der Waals surface area contributed by atoms with Crippen molar-refractivity contribution in [3.63, 3.8) is 0 Å². The van der Waals surface area contributed by atoms with Crippen LogP contribution in [0.1, 0.15) is 6.92 Å². The summed E-state index contributed by atoms with van der Waals surface area (Å²) >= 11 is 0. The first-order valence-corrected chi connectivity index (χ1v) is 5.01. The first-order valence-electron chi connectivity index (χ1n) is 5.01. The van der Waals surface area contributed by atoms with E-state index in [2.05, 4.69) is 0 Å². The Morgan fingerprint density at radius 1 is 1.31 bits per heavy atom. The Labute approximate surface area is 93.8 Å². The molecule has 2 N–H and O–H groups in total. The van der Waals surface area contributed by atoms with E-state index in [9.17, 15) is 4.39 Å². The van der Waals surface area contributed by atoms with E-state index in [4.69, 9.17) is 19.5 Å². The molecule has 0 aliphatic heterocycles. The summed E-state index contributed by atoms with van der Waals surface area (Å²) in [6.45, 7) is 3.12. The van der Waals surface area contributed by atoms with Gasteiger partial charge in [-0.15, -0.1) is 0 Å². The van der Waals surface area contributed by atoms with Gasteiger partial charge in [-0.3, -0.25) is 0 Å². The summed E-state index contributed by atoms with van der Waals surface area (Å²) in [6, 6.07) is 3.58. The van der Waals surface area contributed by atoms with Gasteiger partial charge >= 0.3 is 7.12 Å². The van der Waals surface area contributed by atoms with Gasteiger partial charge in [0.2, 0.25) is 0 Å². The van der Waals surface area contributed by atoms with Gasteiger partial charge in [0.05, 0.1) is 6.61 Å². The van der Waals surface area contributed by atoms with Crippen LogP contribution in [-0.4, -0.2) is 37.0 Å². The molecule has 16 heavy (non-hydrogen) atoms. The van der Waals surface area contributed by atoms with Gasteiger partial charge < -0.3 is 19.5 Å². The molecule has 4 nitrogen and oxygen atoms in total. The Morgan fingerprint density at radius 2 is 2.06 bits per heavy atom. The van der Waals surface area contributed by atoms with E-state index in [1.165, 1.54) is 12.1 Å². The normalized spacial score (nSPS) is 10.2. The van der Waals surface area contributed by atoms with Crippen LogP contribution in [0.4, 0.5) is 4.39 Å². The third-order valence-electron chi connectivity index (χ3n) is 1.94. The Hall–Kier alpha value is -1.11. The second kappa shape index (κ2) is 6.47. The monoisotopic (exact) mass is 228 g/mol. The van der Waals surface area contributed by atoms with Crippen molar-refractivity contribution in [2.45, 2.75) is 6.92 Å². The molecular weight excluding hydrogens is 214 g/mol. The molecule has 0 aliphatic rings. The zero-order chi connectivity index (χ0) is 12.0. The van der Waals surface area contributed by atoms with Gasteiger partial charge in [-0.25, -0.2) is 4.39 Å². The molecule has 0 amide bonds. The predicted octanol–water partition coefficient (Wildman–Crippen LogP) is -0.0792. The average Bonchev–Trinajstić information content (AvgIpc) is 2.26. The van der Waals surface area contributed by atoms with Crippen molar-refractivity contribution in [3.8, 4) is 5.75 Å². The average molecular weight is 228 g/mol. The minimum atomic E-state index is -1.75. The number of halogens is 1. The van der Waals surface area contributed by atoms with Gasteiger partial charge in [0.25, 0.3) is 0 Å². The summed E-state index contributed by atoms with van der Waals surface area (Å²) in [7, 11) is -1.75. The third kappa shape index (κ3) is 3.81. The largest absolute Gasteiger partial charge is 0.492 e. The number of rotatable bonds is 6. The second-order valence-electron chi connectivity index (χ2n) is 3.10. The minimum Gasteiger partial charge on any atom is -0.492 e. The fourth-order valence-corrected chi connectivity index (χ4v) is 1.21. The highest BCUT2D eigenvalue weighted by Crippen LogP contribution is 2.09. The molecule has 0 bridgehead atoms. The predicted molar refractivity (Wildman–Crippen MR) is 58.2 cm³/mol. The highest BCUT2D eigenvalue weighted by Gasteiger charge is 2.17. The molecule has 0 atom stereocenters. The van der Waals surface area contributed by atoms with Crippen molar-refractivity contribution in [2.75, 3.05) is 19.8 Å². The maximum absolute atomic E-state index is 12.8. The van der Waals surface area contributed by atoms with Crippen molar-refractivity contribution in [1.29, 1.82) is 0 Å². The number of hydrogen-bond acceptors (Lipinski definition) is 4. The first kappa shape index (κ1) is 13.0. The Bertz CT molecular complexity index is 333. The molecule has 0 aliphatic carbocycles. The van der Waals surface area contributed by atoms with Crippen LogP contribution in [0, 0.1) is 5.82 Å². The summed E-state index contributed by atoms with van der Waals surface area (Å²) in [5.41, 5.74) is 0.0106. The molecule has 88 valence electrons. The molecule has 1 rings (SSSR count). The summed E-state index contributed by atoms with van der Waals surface area (Å²) in [5.74, 6) is -0.295. The van der Waals surface area contributed by atoms with E-state index >= 15 is 0 Å². The van der Waals surface area contributed by atoms with Gasteiger partial charge in [0.1, 0.15) is 18.2 Å². The Morgan fingerprint density at radius 3 is 2.69 bits per heavy atom. The molecule has 0 unspecified atom stereocenters. The first-order chi connectivity index (χ1) is 7.65.